The fraction of sp³-hybridized carbons (Fsp3) is 0.0526. The highest BCUT2D eigenvalue weighted by molar-refractivity contribution is 6.33. The molecule has 0 spiro atoms. The molecule has 0 saturated heterocycles. The van der Waals surface area contributed by atoms with Gasteiger partial charge in [-0.2, -0.15) is 10.1 Å². The van der Waals surface area contributed by atoms with Gasteiger partial charge in [-0.05, 0) is 31.2 Å². The van der Waals surface area contributed by atoms with Gasteiger partial charge in [-0.3, -0.25) is 5.10 Å². The number of imidazole rings is 1. The average molecular weight is 377 g/mol. The molecule has 0 atom stereocenters. The molecule has 0 radical (unpaired) electrons. The fourth-order valence-corrected chi connectivity index (χ4v) is 3.25. The lowest BCUT2D eigenvalue weighted by Crippen LogP contribution is -1.84. The second-order valence-electron chi connectivity index (χ2n) is 6.09. The van der Waals surface area contributed by atoms with Gasteiger partial charge in [-0.25, -0.2) is 4.98 Å². The van der Waals surface area contributed by atoms with Crippen molar-refractivity contribution < 1.29 is 4.52 Å². The lowest BCUT2D eigenvalue weighted by Gasteiger charge is -1.97. The number of aromatic amines is 2. The molecule has 0 aliphatic rings. The number of benzene rings is 2. The van der Waals surface area contributed by atoms with E-state index in [0.717, 1.165) is 28.0 Å². The van der Waals surface area contributed by atoms with Crippen molar-refractivity contribution in [3.8, 4) is 34.2 Å². The van der Waals surface area contributed by atoms with E-state index in [4.69, 9.17) is 16.1 Å². The van der Waals surface area contributed by atoms with Crippen molar-refractivity contribution >= 4 is 22.6 Å². The average Bonchev–Trinajstić information content (AvgIpc) is 3.39. The van der Waals surface area contributed by atoms with Crippen molar-refractivity contribution in [3.05, 3.63) is 59.4 Å². The van der Waals surface area contributed by atoms with Crippen LogP contribution in [0.25, 0.3) is 45.3 Å². The Morgan fingerprint density at radius 1 is 1.00 bits per heavy atom. The first-order valence-electron chi connectivity index (χ1n) is 8.29. The summed E-state index contributed by atoms with van der Waals surface area (Å²) >= 11 is 6.24. The third kappa shape index (κ3) is 2.69. The van der Waals surface area contributed by atoms with Crippen LogP contribution in [-0.4, -0.2) is 30.3 Å². The number of hydrogen-bond acceptors (Lipinski definition) is 5. The maximum atomic E-state index is 6.24. The zero-order chi connectivity index (χ0) is 18.4. The predicted octanol–water partition coefficient (Wildman–Crippen LogP) is 4.63. The van der Waals surface area contributed by atoms with Crippen molar-refractivity contribution in [1.29, 1.82) is 0 Å². The van der Waals surface area contributed by atoms with Gasteiger partial charge >= 0.3 is 0 Å². The number of nitrogens with one attached hydrogen (secondary N) is 2. The molecule has 0 fully saturated rings. The zero-order valence-corrected chi connectivity index (χ0v) is 14.9. The van der Waals surface area contributed by atoms with E-state index < -0.39 is 0 Å². The highest BCUT2D eigenvalue weighted by atomic mass is 35.5. The van der Waals surface area contributed by atoms with Crippen LogP contribution in [0.4, 0.5) is 0 Å². The number of H-pyrrole nitrogens is 2. The Balaban J connectivity index is 1.54. The summed E-state index contributed by atoms with van der Waals surface area (Å²) in [6, 6.07) is 15.2. The molecular formula is C19H13ClN6O. The molecule has 8 heteroatoms. The summed E-state index contributed by atoms with van der Waals surface area (Å²) in [7, 11) is 0. The Kier molecular flexibility index (Phi) is 3.54. The minimum absolute atomic E-state index is 0.347. The van der Waals surface area contributed by atoms with Gasteiger partial charge in [0.25, 0.3) is 5.89 Å². The van der Waals surface area contributed by atoms with Crippen LogP contribution >= 0.6 is 11.6 Å². The molecule has 3 aromatic heterocycles. The van der Waals surface area contributed by atoms with Crippen LogP contribution in [0.15, 0.2) is 53.1 Å². The highest BCUT2D eigenvalue weighted by Gasteiger charge is 2.17. The second kappa shape index (κ2) is 6.07. The first-order chi connectivity index (χ1) is 13.2. The topological polar surface area (TPSA) is 96.3 Å². The molecule has 27 heavy (non-hydrogen) atoms. The standard InChI is InChI=1S/C19H13ClN6O/c1-10-21-14-8-4-6-12(17(14)22-10)18-23-19(27-26-18)16-9-15(24-25-16)11-5-2-3-7-13(11)20/h2-9H,1H3,(H,21,22)(H,24,25). The largest absolute Gasteiger partial charge is 0.342 e. The molecule has 0 aliphatic carbocycles. The molecule has 0 aliphatic heterocycles. The smallest absolute Gasteiger partial charge is 0.276 e. The Labute approximate surface area is 158 Å². The summed E-state index contributed by atoms with van der Waals surface area (Å²) in [6.45, 7) is 1.91. The molecule has 2 N–H and O–H groups in total. The summed E-state index contributed by atoms with van der Waals surface area (Å²) in [5.41, 5.74) is 4.70. The van der Waals surface area contributed by atoms with Crippen LogP contribution in [0.5, 0.6) is 0 Å². The number of para-hydroxylation sites is 1. The van der Waals surface area contributed by atoms with E-state index in [1.165, 1.54) is 0 Å². The van der Waals surface area contributed by atoms with E-state index >= 15 is 0 Å². The van der Waals surface area contributed by atoms with Gasteiger partial charge in [0, 0.05) is 5.56 Å². The minimum atomic E-state index is 0.347. The van der Waals surface area contributed by atoms with Crippen molar-refractivity contribution in [3.63, 3.8) is 0 Å². The van der Waals surface area contributed by atoms with Crippen LogP contribution in [0.1, 0.15) is 5.82 Å². The number of halogens is 1. The molecule has 5 aromatic rings. The number of rotatable bonds is 3. The monoisotopic (exact) mass is 376 g/mol. The minimum Gasteiger partial charge on any atom is -0.342 e. The van der Waals surface area contributed by atoms with E-state index in [-0.39, 0.29) is 0 Å². The summed E-state index contributed by atoms with van der Waals surface area (Å²) in [5, 5.41) is 12.0. The van der Waals surface area contributed by atoms with Crippen LogP contribution in [0.2, 0.25) is 5.02 Å². The van der Waals surface area contributed by atoms with Gasteiger partial charge in [0.15, 0.2) is 0 Å². The lowest BCUT2D eigenvalue weighted by atomic mass is 10.1. The molecule has 132 valence electrons. The number of fused-ring (bicyclic) bond motifs is 1. The van der Waals surface area contributed by atoms with E-state index in [1.54, 1.807) is 0 Å². The number of aromatic nitrogens is 6. The van der Waals surface area contributed by atoms with Crippen LogP contribution in [0.3, 0.4) is 0 Å². The van der Waals surface area contributed by atoms with Crippen molar-refractivity contribution in [1.82, 2.24) is 30.3 Å². The third-order valence-corrected chi connectivity index (χ3v) is 4.59. The zero-order valence-electron chi connectivity index (χ0n) is 14.2. The lowest BCUT2D eigenvalue weighted by molar-refractivity contribution is 0.431. The first kappa shape index (κ1) is 15.8. The summed E-state index contributed by atoms with van der Waals surface area (Å²) < 4.78 is 5.44. The fourth-order valence-electron chi connectivity index (χ4n) is 3.02. The van der Waals surface area contributed by atoms with Crippen molar-refractivity contribution in [2.75, 3.05) is 0 Å². The van der Waals surface area contributed by atoms with Gasteiger partial charge in [-0.15, -0.1) is 0 Å². The van der Waals surface area contributed by atoms with Gasteiger partial charge in [0.05, 0.1) is 27.3 Å². The van der Waals surface area contributed by atoms with Gasteiger partial charge in [0.2, 0.25) is 5.82 Å². The normalized spacial score (nSPS) is 11.3. The Hall–Kier alpha value is -3.45. The Morgan fingerprint density at radius 3 is 2.74 bits per heavy atom. The molecule has 5 rings (SSSR count). The highest BCUT2D eigenvalue weighted by Crippen LogP contribution is 2.30. The van der Waals surface area contributed by atoms with Crippen LogP contribution in [-0.2, 0) is 0 Å². The van der Waals surface area contributed by atoms with Gasteiger partial charge in [0.1, 0.15) is 11.5 Å². The van der Waals surface area contributed by atoms with Crippen molar-refractivity contribution in [2.45, 2.75) is 6.92 Å². The summed E-state index contributed by atoms with van der Waals surface area (Å²) in [5.74, 6) is 1.65. The van der Waals surface area contributed by atoms with Crippen LogP contribution in [0, 0.1) is 6.92 Å². The number of hydrogen-bond donors (Lipinski definition) is 2. The summed E-state index contributed by atoms with van der Waals surface area (Å²) in [4.78, 5) is 12.2. The van der Waals surface area contributed by atoms with E-state index in [0.29, 0.717) is 28.1 Å². The Morgan fingerprint density at radius 2 is 1.85 bits per heavy atom. The van der Waals surface area contributed by atoms with Crippen LogP contribution < -0.4 is 0 Å². The third-order valence-electron chi connectivity index (χ3n) is 4.26. The molecule has 0 bridgehead atoms. The first-order valence-corrected chi connectivity index (χ1v) is 8.67. The van der Waals surface area contributed by atoms with E-state index in [1.807, 2.05) is 55.5 Å². The molecule has 0 unspecified atom stereocenters. The maximum Gasteiger partial charge on any atom is 0.276 e. The SMILES string of the molecule is Cc1nc2c(-c3noc(-c4cc(-c5ccccc5Cl)n[nH]4)n3)cccc2[nH]1. The van der Waals surface area contributed by atoms with Gasteiger partial charge < -0.3 is 9.51 Å². The molecule has 2 aromatic carbocycles. The molecule has 0 amide bonds. The molecule has 3 heterocycles. The summed E-state index contributed by atoms with van der Waals surface area (Å²) in [6.07, 6.45) is 0. The molecule has 0 saturated carbocycles. The maximum absolute atomic E-state index is 6.24. The second-order valence-corrected chi connectivity index (χ2v) is 6.50. The predicted molar refractivity (Wildman–Crippen MR) is 102 cm³/mol. The molecular weight excluding hydrogens is 364 g/mol. The molecule has 7 nitrogen and oxygen atoms in total. The van der Waals surface area contributed by atoms with E-state index in [2.05, 4.69) is 30.3 Å². The quantitative estimate of drug-likeness (QED) is 0.478. The van der Waals surface area contributed by atoms with E-state index in [9.17, 15) is 0 Å². The van der Waals surface area contributed by atoms with Crippen molar-refractivity contribution in [2.24, 2.45) is 0 Å². The van der Waals surface area contributed by atoms with Gasteiger partial charge in [-0.1, -0.05) is 41.0 Å². The number of nitrogens with zero attached hydrogens (tertiary/aromatic N) is 4. The Bertz CT molecular complexity index is 1270. The number of aryl methyl sites for hydroxylation is 1.